The Labute approximate surface area is 123 Å². The summed E-state index contributed by atoms with van der Waals surface area (Å²) < 4.78 is 16.1. The van der Waals surface area contributed by atoms with Crippen LogP contribution >= 0.6 is 0 Å². The van der Waals surface area contributed by atoms with Crippen molar-refractivity contribution in [1.29, 1.82) is 0 Å². The summed E-state index contributed by atoms with van der Waals surface area (Å²) in [4.78, 5) is 0. The van der Waals surface area contributed by atoms with Crippen molar-refractivity contribution in [1.82, 2.24) is 5.32 Å². The van der Waals surface area contributed by atoms with Gasteiger partial charge in [0, 0.05) is 24.7 Å². The van der Waals surface area contributed by atoms with Crippen molar-refractivity contribution >= 4 is 0 Å². The SMILES string of the molecule is Oc1cc2c(cc1CNCCOc1ccccc1)OCO2. The highest BCUT2D eigenvalue weighted by molar-refractivity contribution is 5.51. The molecule has 5 nitrogen and oxygen atoms in total. The lowest BCUT2D eigenvalue weighted by atomic mass is 10.1. The molecule has 0 aromatic heterocycles. The zero-order chi connectivity index (χ0) is 14.5. The molecule has 0 fully saturated rings. The van der Waals surface area contributed by atoms with Crippen LogP contribution in [0.4, 0.5) is 0 Å². The van der Waals surface area contributed by atoms with Crippen molar-refractivity contribution in [2.45, 2.75) is 6.54 Å². The fourth-order valence-corrected chi connectivity index (χ4v) is 2.10. The Balaban J connectivity index is 1.45. The van der Waals surface area contributed by atoms with E-state index in [0.29, 0.717) is 31.2 Å². The van der Waals surface area contributed by atoms with Gasteiger partial charge in [0.1, 0.15) is 18.1 Å². The second-order valence-electron chi connectivity index (χ2n) is 4.67. The minimum atomic E-state index is 0.204. The molecule has 0 radical (unpaired) electrons. The van der Waals surface area contributed by atoms with Crippen molar-refractivity contribution in [2.24, 2.45) is 0 Å². The van der Waals surface area contributed by atoms with Gasteiger partial charge in [-0.15, -0.1) is 0 Å². The number of rotatable bonds is 6. The Kier molecular flexibility index (Phi) is 4.12. The second kappa shape index (κ2) is 6.37. The van der Waals surface area contributed by atoms with Crippen molar-refractivity contribution in [2.75, 3.05) is 19.9 Å². The molecular formula is C16H17NO4. The van der Waals surface area contributed by atoms with E-state index >= 15 is 0 Å². The fraction of sp³-hybridized carbons (Fsp3) is 0.250. The number of hydrogen-bond donors (Lipinski definition) is 2. The van der Waals surface area contributed by atoms with Crippen LogP contribution in [0.2, 0.25) is 0 Å². The van der Waals surface area contributed by atoms with E-state index in [9.17, 15) is 5.11 Å². The predicted molar refractivity (Wildman–Crippen MR) is 77.9 cm³/mol. The van der Waals surface area contributed by atoms with Gasteiger partial charge in [-0.3, -0.25) is 0 Å². The van der Waals surface area contributed by atoms with Crippen LogP contribution in [0.1, 0.15) is 5.56 Å². The molecule has 2 aromatic rings. The van der Waals surface area contributed by atoms with Crippen molar-refractivity contribution < 1.29 is 19.3 Å². The first kappa shape index (κ1) is 13.6. The van der Waals surface area contributed by atoms with Crippen LogP contribution in [-0.2, 0) is 6.54 Å². The van der Waals surface area contributed by atoms with Gasteiger partial charge in [-0.2, -0.15) is 0 Å². The van der Waals surface area contributed by atoms with E-state index in [0.717, 1.165) is 11.3 Å². The lowest BCUT2D eigenvalue weighted by molar-refractivity contribution is 0.174. The number of phenolic OH excluding ortho intramolecular Hbond substituents is 1. The topological polar surface area (TPSA) is 60.0 Å². The number of hydrogen-bond acceptors (Lipinski definition) is 5. The summed E-state index contributed by atoms with van der Waals surface area (Å²) in [5.41, 5.74) is 0.777. The molecule has 0 atom stereocenters. The van der Waals surface area contributed by atoms with Crippen LogP contribution in [0.25, 0.3) is 0 Å². The van der Waals surface area contributed by atoms with E-state index in [4.69, 9.17) is 14.2 Å². The molecule has 0 aliphatic carbocycles. The molecule has 0 saturated carbocycles. The Morgan fingerprint density at radius 3 is 2.67 bits per heavy atom. The van der Waals surface area contributed by atoms with Gasteiger partial charge >= 0.3 is 0 Å². The minimum Gasteiger partial charge on any atom is -0.507 e. The quantitative estimate of drug-likeness (QED) is 0.798. The van der Waals surface area contributed by atoms with Crippen LogP contribution < -0.4 is 19.5 Å². The zero-order valence-corrected chi connectivity index (χ0v) is 11.5. The molecule has 0 amide bonds. The lowest BCUT2D eigenvalue weighted by Crippen LogP contribution is -2.20. The number of nitrogens with one attached hydrogen (secondary N) is 1. The minimum absolute atomic E-state index is 0.204. The molecule has 110 valence electrons. The highest BCUT2D eigenvalue weighted by Crippen LogP contribution is 2.37. The average Bonchev–Trinajstić information content (AvgIpc) is 2.95. The van der Waals surface area contributed by atoms with Crippen LogP contribution in [0.15, 0.2) is 42.5 Å². The largest absolute Gasteiger partial charge is 0.507 e. The maximum atomic E-state index is 9.90. The van der Waals surface area contributed by atoms with Crippen molar-refractivity contribution in [3.05, 3.63) is 48.0 Å². The summed E-state index contributed by atoms with van der Waals surface area (Å²) in [7, 11) is 0. The molecule has 0 saturated heterocycles. The molecule has 1 heterocycles. The third-order valence-corrected chi connectivity index (χ3v) is 3.18. The molecule has 21 heavy (non-hydrogen) atoms. The normalized spacial score (nSPS) is 12.4. The molecule has 5 heteroatoms. The second-order valence-corrected chi connectivity index (χ2v) is 4.67. The molecule has 1 aliphatic rings. The molecular weight excluding hydrogens is 270 g/mol. The Morgan fingerprint density at radius 1 is 1.10 bits per heavy atom. The van der Waals surface area contributed by atoms with Crippen LogP contribution in [-0.4, -0.2) is 25.1 Å². The number of benzene rings is 2. The molecule has 3 rings (SSSR count). The van der Waals surface area contributed by atoms with Gasteiger partial charge in [0.2, 0.25) is 6.79 Å². The number of ether oxygens (including phenoxy) is 3. The third kappa shape index (κ3) is 3.38. The van der Waals surface area contributed by atoms with Crippen molar-refractivity contribution in [3.8, 4) is 23.0 Å². The van der Waals surface area contributed by atoms with E-state index in [2.05, 4.69) is 5.32 Å². The van der Waals surface area contributed by atoms with E-state index in [-0.39, 0.29) is 12.5 Å². The van der Waals surface area contributed by atoms with Crippen molar-refractivity contribution in [3.63, 3.8) is 0 Å². The Morgan fingerprint density at radius 2 is 1.86 bits per heavy atom. The summed E-state index contributed by atoms with van der Waals surface area (Å²) in [5, 5.41) is 13.1. The Hall–Kier alpha value is -2.40. The number of phenols is 1. The average molecular weight is 287 g/mol. The number of para-hydroxylation sites is 1. The molecule has 2 aromatic carbocycles. The first-order chi connectivity index (χ1) is 10.3. The van der Waals surface area contributed by atoms with Crippen LogP contribution in [0.5, 0.6) is 23.0 Å². The number of aromatic hydroxyl groups is 1. The molecule has 2 N–H and O–H groups in total. The van der Waals surface area contributed by atoms with E-state index in [1.807, 2.05) is 30.3 Å². The smallest absolute Gasteiger partial charge is 0.231 e. The first-order valence-corrected chi connectivity index (χ1v) is 6.83. The molecule has 0 unspecified atom stereocenters. The highest BCUT2D eigenvalue weighted by Gasteiger charge is 2.16. The summed E-state index contributed by atoms with van der Waals surface area (Å²) in [6, 6.07) is 13.0. The first-order valence-electron chi connectivity index (χ1n) is 6.83. The zero-order valence-electron chi connectivity index (χ0n) is 11.5. The monoisotopic (exact) mass is 287 g/mol. The van der Waals surface area contributed by atoms with Gasteiger partial charge in [0.15, 0.2) is 11.5 Å². The predicted octanol–water partition coefficient (Wildman–Crippen LogP) is 2.29. The van der Waals surface area contributed by atoms with E-state index in [1.54, 1.807) is 12.1 Å². The van der Waals surface area contributed by atoms with E-state index in [1.165, 1.54) is 0 Å². The number of fused-ring (bicyclic) bond motifs is 1. The summed E-state index contributed by atoms with van der Waals surface area (Å²) in [5.74, 6) is 2.31. The molecule has 0 bridgehead atoms. The summed E-state index contributed by atoms with van der Waals surface area (Å²) >= 11 is 0. The Bertz CT molecular complexity index is 601. The summed E-state index contributed by atoms with van der Waals surface area (Å²) in [6.07, 6.45) is 0. The van der Waals surface area contributed by atoms with Gasteiger partial charge in [-0.05, 0) is 18.2 Å². The van der Waals surface area contributed by atoms with Gasteiger partial charge < -0.3 is 24.6 Å². The maximum absolute atomic E-state index is 9.90. The standard InChI is InChI=1S/C16H17NO4/c18-14-9-16-15(20-11-21-16)8-12(14)10-17-6-7-19-13-4-2-1-3-5-13/h1-5,8-9,17-18H,6-7,10-11H2. The van der Waals surface area contributed by atoms with Crippen LogP contribution in [0.3, 0.4) is 0 Å². The van der Waals surface area contributed by atoms with E-state index < -0.39 is 0 Å². The lowest BCUT2D eigenvalue weighted by Gasteiger charge is -2.09. The van der Waals surface area contributed by atoms with Crippen LogP contribution in [0, 0.1) is 0 Å². The third-order valence-electron chi connectivity index (χ3n) is 3.18. The highest BCUT2D eigenvalue weighted by atomic mass is 16.7. The van der Waals surface area contributed by atoms with Gasteiger partial charge in [-0.1, -0.05) is 18.2 Å². The fourth-order valence-electron chi connectivity index (χ4n) is 2.10. The molecule has 0 spiro atoms. The molecule has 1 aliphatic heterocycles. The van der Waals surface area contributed by atoms with Gasteiger partial charge in [-0.25, -0.2) is 0 Å². The van der Waals surface area contributed by atoms with Gasteiger partial charge in [0.05, 0.1) is 0 Å². The summed E-state index contributed by atoms with van der Waals surface area (Å²) in [6.45, 7) is 2.00. The van der Waals surface area contributed by atoms with Gasteiger partial charge in [0.25, 0.3) is 0 Å². The maximum Gasteiger partial charge on any atom is 0.231 e.